The number of phenolic OH excluding ortho intramolecular Hbond substituents is 1. The molecule has 0 atom stereocenters. The first-order valence-corrected chi connectivity index (χ1v) is 7.45. The third kappa shape index (κ3) is 2.17. The van der Waals surface area contributed by atoms with Gasteiger partial charge in [0.1, 0.15) is 11.6 Å². The lowest BCUT2D eigenvalue weighted by Crippen LogP contribution is -2.24. The van der Waals surface area contributed by atoms with E-state index in [-0.39, 0.29) is 11.7 Å². The molecule has 1 aromatic heterocycles. The van der Waals surface area contributed by atoms with Crippen LogP contribution >= 0.6 is 11.6 Å². The number of halogens is 1. The number of carbonyl (C=O) groups excluding carboxylic acids is 1. The number of benzene rings is 2. The number of phenols is 1. The maximum Gasteiger partial charge on any atom is 0.260 e. The number of aromatic amines is 1. The Labute approximate surface area is 137 Å². The molecule has 6 heteroatoms. The zero-order valence-electron chi connectivity index (χ0n) is 12.0. The molecule has 0 unspecified atom stereocenters. The first kappa shape index (κ1) is 13.8. The topological polar surface area (TPSA) is 69.2 Å². The quantitative estimate of drug-likeness (QED) is 0.756. The Morgan fingerprint density at radius 2 is 1.96 bits per heavy atom. The molecule has 114 valence electrons. The Hall–Kier alpha value is -2.79. The summed E-state index contributed by atoms with van der Waals surface area (Å²) in [4.78, 5) is 14.2. The van der Waals surface area contributed by atoms with Gasteiger partial charge in [-0.15, -0.1) is 0 Å². The molecular formula is C17H12ClN3O2. The summed E-state index contributed by atoms with van der Waals surface area (Å²) in [6, 6.07) is 12.3. The summed E-state index contributed by atoms with van der Waals surface area (Å²) < 4.78 is 0. The van der Waals surface area contributed by atoms with Crippen molar-refractivity contribution in [2.24, 2.45) is 0 Å². The highest BCUT2D eigenvalue weighted by atomic mass is 35.5. The molecule has 5 nitrogen and oxygen atoms in total. The molecule has 4 rings (SSSR count). The Bertz CT molecular complexity index is 920. The monoisotopic (exact) mass is 325 g/mol. The van der Waals surface area contributed by atoms with Crippen molar-refractivity contribution in [3.8, 4) is 16.9 Å². The summed E-state index contributed by atoms with van der Waals surface area (Å²) in [7, 11) is 0. The lowest BCUT2D eigenvalue weighted by Gasteiger charge is -2.16. The molecule has 0 radical (unpaired) electrons. The molecule has 0 spiro atoms. The van der Waals surface area contributed by atoms with Crippen molar-refractivity contribution >= 4 is 23.3 Å². The van der Waals surface area contributed by atoms with Crippen molar-refractivity contribution in [3.05, 3.63) is 64.8 Å². The fraction of sp³-hybridized carbons (Fsp3) is 0.0588. The fourth-order valence-electron chi connectivity index (χ4n) is 2.84. The molecule has 1 amide bonds. The summed E-state index contributed by atoms with van der Waals surface area (Å²) in [6.45, 7) is 0.464. The van der Waals surface area contributed by atoms with Crippen LogP contribution in [0.1, 0.15) is 15.9 Å². The van der Waals surface area contributed by atoms with Crippen LogP contribution in [-0.2, 0) is 6.54 Å². The summed E-state index contributed by atoms with van der Waals surface area (Å²) >= 11 is 6.03. The first-order chi connectivity index (χ1) is 11.1. The zero-order valence-corrected chi connectivity index (χ0v) is 12.7. The van der Waals surface area contributed by atoms with Crippen molar-refractivity contribution in [2.75, 3.05) is 4.90 Å². The van der Waals surface area contributed by atoms with E-state index in [1.54, 1.807) is 23.2 Å². The van der Waals surface area contributed by atoms with Gasteiger partial charge in [0.15, 0.2) is 0 Å². The summed E-state index contributed by atoms with van der Waals surface area (Å²) in [5, 5.41) is 17.5. The number of nitrogens with one attached hydrogen (secondary N) is 1. The predicted octanol–water partition coefficient (Wildman–Crippen LogP) is 3.60. The number of nitrogens with zero attached hydrogens (tertiary/aromatic N) is 2. The number of hydrogen-bond donors (Lipinski definition) is 2. The van der Waals surface area contributed by atoms with Crippen molar-refractivity contribution in [2.45, 2.75) is 6.54 Å². The molecule has 2 aromatic carbocycles. The molecule has 2 N–H and O–H groups in total. The van der Waals surface area contributed by atoms with Gasteiger partial charge in [0, 0.05) is 21.7 Å². The maximum absolute atomic E-state index is 12.6. The predicted molar refractivity (Wildman–Crippen MR) is 87.7 cm³/mol. The molecule has 0 saturated carbocycles. The van der Waals surface area contributed by atoms with Crippen LogP contribution < -0.4 is 4.90 Å². The average molecular weight is 326 g/mol. The summed E-state index contributed by atoms with van der Waals surface area (Å²) in [5.74, 6) is 0.539. The number of aromatic nitrogens is 2. The molecule has 1 aliphatic rings. The number of anilines is 1. The van der Waals surface area contributed by atoms with Crippen LogP contribution in [0.4, 0.5) is 5.82 Å². The second kappa shape index (κ2) is 5.14. The number of carbonyl (C=O) groups is 1. The van der Waals surface area contributed by atoms with E-state index >= 15 is 0 Å². The number of H-pyrrole nitrogens is 1. The Morgan fingerprint density at radius 3 is 2.78 bits per heavy atom. The number of amides is 1. The van der Waals surface area contributed by atoms with E-state index in [4.69, 9.17) is 11.6 Å². The van der Waals surface area contributed by atoms with Crippen LogP contribution in [0.2, 0.25) is 5.02 Å². The van der Waals surface area contributed by atoms with Gasteiger partial charge in [-0.05, 0) is 29.8 Å². The van der Waals surface area contributed by atoms with Gasteiger partial charge in [0.05, 0.1) is 12.7 Å². The fourth-order valence-corrected chi connectivity index (χ4v) is 3.01. The highest BCUT2D eigenvalue weighted by molar-refractivity contribution is 6.31. The van der Waals surface area contributed by atoms with Crippen LogP contribution in [-0.4, -0.2) is 21.2 Å². The molecule has 0 saturated heterocycles. The third-order valence-electron chi connectivity index (χ3n) is 3.96. The SMILES string of the molecule is O=C1c2ccccc2CN1c1[nH]ncc1-c1cc(Cl)ccc1O. The first-order valence-electron chi connectivity index (χ1n) is 7.07. The Morgan fingerprint density at radius 1 is 1.13 bits per heavy atom. The van der Waals surface area contributed by atoms with Crippen molar-refractivity contribution < 1.29 is 9.90 Å². The van der Waals surface area contributed by atoms with Crippen LogP contribution in [0.25, 0.3) is 11.1 Å². The largest absolute Gasteiger partial charge is 0.507 e. The minimum absolute atomic E-state index is 0.0845. The van der Waals surface area contributed by atoms with Crippen LogP contribution in [0.3, 0.4) is 0 Å². The number of rotatable bonds is 2. The van der Waals surface area contributed by atoms with E-state index in [2.05, 4.69) is 10.2 Å². The van der Waals surface area contributed by atoms with Gasteiger partial charge in [0.25, 0.3) is 5.91 Å². The second-order valence-electron chi connectivity index (χ2n) is 5.34. The summed E-state index contributed by atoms with van der Waals surface area (Å²) in [5.41, 5.74) is 2.81. The van der Waals surface area contributed by atoms with Gasteiger partial charge >= 0.3 is 0 Å². The minimum Gasteiger partial charge on any atom is -0.507 e. The normalized spacial score (nSPS) is 13.4. The van der Waals surface area contributed by atoms with E-state index in [9.17, 15) is 9.90 Å². The standard InChI is InChI=1S/C17H12ClN3O2/c18-11-5-6-15(22)13(7-11)14-8-19-20-16(14)21-9-10-3-1-2-4-12(10)17(21)23/h1-8,22H,9H2,(H,19,20). The average Bonchev–Trinajstić information content (AvgIpc) is 3.15. The third-order valence-corrected chi connectivity index (χ3v) is 4.19. The Kier molecular flexibility index (Phi) is 3.09. The zero-order chi connectivity index (χ0) is 16.0. The second-order valence-corrected chi connectivity index (χ2v) is 5.78. The van der Waals surface area contributed by atoms with Gasteiger partial charge in [-0.3, -0.25) is 14.8 Å². The van der Waals surface area contributed by atoms with Crippen LogP contribution in [0.5, 0.6) is 5.75 Å². The number of hydrogen-bond acceptors (Lipinski definition) is 3. The van der Waals surface area contributed by atoms with Gasteiger partial charge in [-0.25, -0.2) is 0 Å². The van der Waals surface area contributed by atoms with Gasteiger partial charge in [-0.1, -0.05) is 29.8 Å². The van der Waals surface area contributed by atoms with Gasteiger partial charge < -0.3 is 5.11 Å². The van der Waals surface area contributed by atoms with E-state index in [1.165, 1.54) is 6.07 Å². The van der Waals surface area contributed by atoms with Crippen molar-refractivity contribution in [1.82, 2.24) is 10.2 Å². The van der Waals surface area contributed by atoms with E-state index < -0.39 is 0 Å². The molecule has 0 fully saturated rings. The van der Waals surface area contributed by atoms with E-state index in [0.717, 1.165) is 5.56 Å². The molecule has 1 aliphatic heterocycles. The lowest BCUT2D eigenvalue weighted by atomic mass is 10.1. The highest BCUT2D eigenvalue weighted by Crippen LogP contribution is 2.39. The van der Waals surface area contributed by atoms with Gasteiger partial charge in [-0.2, -0.15) is 5.10 Å². The lowest BCUT2D eigenvalue weighted by molar-refractivity contribution is 0.0996. The van der Waals surface area contributed by atoms with E-state index in [0.29, 0.717) is 34.1 Å². The Balaban J connectivity index is 1.80. The van der Waals surface area contributed by atoms with Crippen molar-refractivity contribution in [1.29, 1.82) is 0 Å². The number of fused-ring (bicyclic) bond motifs is 1. The van der Waals surface area contributed by atoms with Crippen molar-refractivity contribution in [3.63, 3.8) is 0 Å². The highest BCUT2D eigenvalue weighted by Gasteiger charge is 2.31. The maximum atomic E-state index is 12.6. The van der Waals surface area contributed by atoms with Crippen LogP contribution in [0, 0.1) is 0 Å². The molecular weight excluding hydrogens is 314 g/mol. The molecule has 23 heavy (non-hydrogen) atoms. The van der Waals surface area contributed by atoms with Crippen LogP contribution in [0.15, 0.2) is 48.7 Å². The molecule has 2 heterocycles. The van der Waals surface area contributed by atoms with E-state index in [1.807, 2.05) is 24.3 Å². The molecule has 0 bridgehead atoms. The smallest absolute Gasteiger partial charge is 0.260 e. The molecule has 0 aliphatic carbocycles. The van der Waals surface area contributed by atoms with Gasteiger partial charge in [0.2, 0.25) is 0 Å². The molecule has 3 aromatic rings. The number of aromatic hydroxyl groups is 1. The minimum atomic E-state index is -0.0902. The summed E-state index contributed by atoms with van der Waals surface area (Å²) in [6.07, 6.45) is 1.58.